The van der Waals surface area contributed by atoms with E-state index in [2.05, 4.69) is 20.1 Å². The number of hydrogen-bond acceptors (Lipinski definition) is 6. The van der Waals surface area contributed by atoms with E-state index < -0.39 is 0 Å². The van der Waals surface area contributed by atoms with Crippen molar-refractivity contribution >= 4 is 36.9 Å². The van der Waals surface area contributed by atoms with E-state index in [1.165, 1.54) is 0 Å². The molecule has 2 radical (unpaired) electrons. The number of halogens is 1. The third-order valence-electron chi connectivity index (χ3n) is 5.18. The second-order valence-electron chi connectivity index (χ2n) is 7.32. The lowest BCUT2D eigenvalue weighted by molar-refractivity contribution is -0.116. The van der Waals surface area contributed by atoms with Crippen LogP contribution < -0.4 is 10.4 Å². The van der Waals surface area contributed by atoms with Crippen molar-refractivity contribution < 1.29 is 9.21 Å². The Balaban J connectivity index is 1.67. The van der Waals surface area contributed by atoms with Crippen molar-refractivity contribution in [3.8, 4) is 22.9 Å². The van der Waals surface area contributed by atoms with Gasteiger partial charge in [-0.2, -0.15) is 0 Å². The minimum atomic E-state index is -0.269. The molecule has 8 heteroatoms. The van der Waals surface area contributed by atoms with Crippen molar-refractivity contribution in [2.45, 2.75) is 19.8 Å². The molecular weight excluding hydrogens is 375 g/mol. The molecule has 1 aliphatic rings. The molecule has 0 aliphatic carbocycles. The van der Waals surface area contributed by atoms with Gasteiger partial charge in [-0.15, -0.1) is 10.2 Å². The van der Waals surface area contributed by atoms with Gasteiger partial charge in [-0.3, -0.25) is 0 Å². The molecule has 0 bridgehead atoms. The summed E-state index contributed by atoms with van der Waals surface area (Å²) in [6, 6.07) is 9.04. The summed E-state index contributed by atoms with van der Waals surface area (Å²) < 4.78 is 5.91. The minimum Gasteiger partial charge on any atom is -0.416 e. The highest BCUT2D eigenvalue weighted by atomic mass is 35.5. The molecule has 1 fully saturated rings. The molecule has 1 saturated heterocycles. The lowest BCUT2D eigenvalue weighted by Gasteiger charge is -2.37. The Morgan fingerprint density at radius 2 is 1.93 bits per heavy atom. The fraction of sp³-hybridized carbons (Fsp3) is 0.300. The predicted molar refractivity (Wildman–Crippen MR) is 109 cm³/mol. The van der Waals surface area contributed by atoms with Gasteiger partial charge in [0, 0.05) is 36.0 Å². The van der Waals surface area contributed by atoms with Crippen LogP contribution in [0.25, 0.3) is 22.9 Å². The standard InChI is InChI=1S/C20H18BClN4O2/c1-20(12-27)5-8-26(9-6-20)16-11-14(21)2-3-15(16)19-25-24-18(28-19)13-4-7-23-17(22)10-13/h2-4,7,10-12H,5-6,8-9H2,1H3. The maximum atomic E-state index is 11.3. The van der Waals surface area contributed by atoms with Crippen LogP contribution in [0.3, 0.4) is 0 Å². The van der Waals surface area contributed by atoms with Crippen LogP contribution in [0.2, 0.25) is 5.15 Å². The number of rotatable bonds is 4. The van der Waals surface area contributed by atoms with Crippen molar-refractivity contribution in [1.29, 1.82) is 0 Å². The van der Waals surface area contributed by atoms with E-state index in [0.717, 1.165) is 43.5 Å². The second kappa shape index (κ2) is 7.39. The highest BCUT2D eigenvalue weighted by Crippen LogP contribution is 2.36. The van der Waals surface area contributed by atoms with Crippen LogP contribution in [0.5, 0.6) is 0 Å². The summed E-state index contributed by atoms with van der Waals surface area (Å²) in [4.78, 5) is 17.5. The minimum absolute atomic E-state index is 0.269. The van der Waals surface area contributed by atoms with Crippen molar-refractivity contribution in [3.63, 3.8) is 0 Å². The predicted octanol–water partition coefficient (Wildman–Crippen LogP) is 3.05. The van der Waals surface area contributed by atoms with Gasteiger partial charge in [0.15, 0.2) is 0 Å². The molecule has 4 rings (SSSR count). The van der Waals surface area contributed by atoms with Crippen molar-refractivity contribution in [3.05, 3.63) is 41.7 Å². The largest absolute Gasteiger partial charge is 0.416 e. The number of pyridine rings is 1. The smallest absolute Gasteiger partial charge is 0.250 e. The highest BCUT2D eigenvalue weighted by Gasteiger charge is 2.31. The summed E-state index contributed by atoms with van der Waals surface area (Å²) in [6.45, 7) is 3.51. The molecule has 1 aromatic carbocycles. The zero-order chi connectivity index (χ0) is 19.7. The van der Waals surface area contributed by atoms with Gasteiger partial charge in [0.25, 0.3) is 0 Å². The van der Waals surface area contributed by atoms with Gasteiger partial charge in [-0.25, -0.2) is 4.98 Å². The van der Waals surface area contributed by atoms with E-state index in [-0.39, 0.29) is 5.41 Å². The van der Waals surface area contributed by atoms with Crippen molar-refractivity contribution in [1.82, 2.24) is 15.2 Å². The molecule has 0 atom stereocenters. The number of benzene rings is 1. The molecule has 3 heterocycles. The first-order valence-corrected chi connectivity index (χ1v) is 9.42. The normalized spacial score (nSPS) is 16.1. The fourth-order valence-electron chi connectivity index (χ4n) is 3.35. The van der Waals surface area contributed by atoms with E-state index in [1.54, 1.807) is 18.3 Å². The third-order valence-corrected chi connectivity index (χ3v) is 5.39. The topological polar surface area (TPSA) is 72.1 Å². The monoisotopic (exact) mass is 392 g/mol. The van der Waals surface area contributed by atoms with E-state index >= 15 is 0 Å². The zero-order valence-corrected chi connectivity index (χ0v) is 16.2. The number of anilines is 1. The lowest BCUT2D eigenvalue weighted by atomic mass is 9.81. The average molecular weight is 393 g/mol. The number of aromatic nitrogens is 3. The SMILES string of the molecule is [B]c1ccc(-c2nnc(-c3ccnc(Cl)c3)o2)c(N2CCC(C)(C=O)CC2)c1. The summed E-state index contributed by atoms with van der Waals surface area (Å²) in [5, 5.41) is 8.73. The summed E-state index contributed by atoms with van der Waals surface area (Å²) >= 11 is 5.95. The van der Waals surface area contributed by atoms with E-state index in [1.807, 2.05) is 25.1 Å². The molecule has 0 unspecified atom stereocenters. The summed E-state index contributed by atoms with van der Waals surface area (Å²) in [7, 11) is 6.03. The van der Waals surface area contributed by atoms with Crippen LogP contribution in [0.15, 0.2) is 40.9 Å². The second-order valence-corrected chi connectivity index (χ2v) is 7.70. The highest BCUT2D eigenvalue weighted by molar-refractivity contribution is 6.32. The van der Waals surface area contributed by atoms with E-state index in [4.69, 9.17) is 23.9 Å². The first-order chi connectivity index (χ1) is 13.5. The lowest BCUT2D eigenvalue weighted by Crippen LogP contribution is -2.40. The van der Waals surface area contributed by atoms with Gasteiger partial charge in [0.2, 0.25) is 11.8 Å². The van der Waals surface area contributed by atoms with Gasteiger partial charge in [0.05, 0.1) is 5.56 Å². The van der Waals surface area contributed by atoms with E-state index in [0.29, 0.717) is 28.0 Å². The summed E-state index contributed by atoms with van der Waals surface area (Å²) in [5.74, 6) is 0.774. The molecule has 0 N–H and O–H groups in total. The number of carbonyl (C=O) groups is 1. The van der Waals surface area contributed by atoms with Crippen molar-refractivity contribution in [2.24, 2.45) is 5.41 Å². The Labute approximate surface area is 169 Å². The van der Waals surface area contributed by atoms with Gasteiger partial charge in [-0.05, 0) is 37.1 Å². The quantitative estimate of drug-likeness (QED) is 0.386. The van der Waals surface area contributed by atoms with Gasteiger partial charge < -0.3 is 14.1 Å². The average Bonchev–Trinajstić information content (AvgIpc) is 3.19. The maximum Gasteiger partial charge on any atom is 0.250 e. The van der Waals surface area contributed by atoms with Crippen LogP contribution in [0.4, 0.5) is 5.69 Å². The summed E-state index contributed by atoms with van der Waals surface area (Å²) in [6.07, 6.45) is 4.23. The first kappa shape index (κ1) is 18.7. The maximum absolute atomic E-state index is 11.3. The number of aldehydes is 1. The van der Waals surface area contributed by atoms with Crippen LogP contribution in [-0.2, 0) is 4.79 Å². The molecule has 6 nitrogen and oxygen atoms in total. The molecule has 3 aromatic rings. The Morgan fingerprint density at radius 3 is 2.64 bits per heavy atom. The molecular formula is C20H18BClN4O2. The molecule has 1 aliphatic heterocycles. The molecule has 28 heavy (non-hydrogen) atoms. The number of hydrogen-bond donors (Lipinski definition) is 0. The van der Waals surface area contributed by atoms with Crippen molar-refractivity contribution in [2.75, 3.05) is 18.0 Å². The first-order valence-electron chi connectivity index (χ1n) is 9.04. The van der Waals surface area contributed by atoms with Gasteiger partial charge in [-0.1, -0.05) is 30.1 Å². The Bertz CT molecular complexity index is 1010. The molecule has 0 spiro atoms. The van der Waals surface area contributed by atoms with Crippen LogP contribution in [0.1, 0.15) is 19.8 Å². The van der Waals surface area contributed by atoms with Gasteiger partial charge in [0.1, 0.15) is 19.3 Å². The molecule has 2 aromatic heterocycles. The van der Waals surface area contributed by atoms with Crippen LogP contribution >= 0.6 is 11.6 Å². The Hall–Kier alpha value is -2.67. The molecule has 0 saturated carbocycles. The Morgan fingerprint density at radius 1 is 1.18 bits per heavy atom. The molecule has 140 valence electrons. The third kappa shape index (κ3) is 3.67. The number of carbonyl (C=O) groups excluding carboxylic acids is 1. The van der Waals surface area contributed by atoms with Crippen LogP contribution in [0, 0.1) is 5.41 Å². The summed E-state index contributed by atoms with van der Waals surface area (Å²) in [5.41, 5.74) is 2.83. The molecule has 0 amide bonds. The van der Waals surface area contributed by atoms with E-state index in [9.17, 15) is 4.79 Å². The van der Waals surface area contributed by atoms with Crippen LogP contribution in [-0.4, -0.2) is 42.4 Å². The fourth-order valence-corrected chi connectivity index (χ4v) is 3.53. The van der Waals surface area contributed by atoms with Gasteiger partial charge >= 0.3 is 0 Å². The number of piperidine rings is 1. The zero-order valence-electron chi connectivity index (χ0n) is 15.4. The number of nitrogens with zero attached hydrogens (tertiary/aromatic N) is 4. The Kier molecular flexibility index (Phi) is 4.93.